The molecule has 2 heterocycles. The van der Waals surface area contributed by atoms with Gasteiger partial charge in [0, 0.05) is 38.4 Å². The van der Waals surface area contributed by atoms with Gasteiger partial charge in [-0.3, -0.25) is 20.2 Å². The number of likely N-dealkylation sites (N-methyl/N-ethyl adjacent to an activating group) is 1. The van der Waals surface area contributed by atoms with E-state index in [1.165, 1.54) is 12.1 Å². The summed E-state index contributed by atoms with van der Waals surface area (Å²) >= 11 is 0. The number of nitro benzene ring substituents is 2. The molecule has 1 saturated heterocycles. The lowest BCUT2D eigenvalue weighted by Gasteiger charge is -2.38. The molecule has 3 rings (SSSR count). The van der Waals surface area contributed by atoms with E-state index in [1.807, 2.05) is 17.0 Å². The van der Waals surface area contributed by atoms with Gasteiger partial charge in [-0.05, 0) is 31.0 Å². The van der Waals surface area contributed by atoms with Crippen LogP contribution in [0.1, 0.15) is 12.8 Å². The van der Waals surface area contributed by atoms with Gasteiger partial charge in [-0.1, -0.05) is 0 Å². The van der Waals surface area contributed by atoms with Crippen molar-refractivity contribution in [2.75, 3.05) is 29.9 Å². The fourth-order valence-corrected chi connectivity index (χ4v) is 3.21. The molecular formula is C16H18N6O4. The number of nitro groups is 2. The van der Waals surface area contributed by atoms with Gasteiger partial charge in [0.1, 0.15) is 5.69 Å². The first-order chi connectivity index (χ1) is 12.5. The Labute approximate surface area is 149 Å². The van der Waals surface area contributed by atoms with Crippen molar-refractivity contribution in [2.45, 2.75) is 18.9 Å². The van der Waals surface area contributed by atoms with Crippen molar-refractivity contribution in [3.8, 4) is 0 Å². The molecular weight excluding hydrogens is 340 g/mol. The van der Waals surface area contributed by atoms with Crippen LogP contribution in [-0.2, 0) is 0 Å². The van der Waals surface area contributed by atoms with E-state index in [2.05, 4.69) is 15.1 Å². The van der Waals surface area contributed by atoms with Crippen LogP contribution in [0.3, 0.4) is 0 Å². The van der Waals surface area contributed by atoms with Gasteiger partial charge in [-0.25, -0.2) is 0 Å². The summed E-state index contributed by atoms with van der Waals surface area (Å²) in [5.41, 5.74) is -0.191. The topological polar surface area (TPSA) is 119 Å². The second-order valence-electron chi connectivity index (χ2n) is 6.12. The van der Waals surface area contributed by atoms with Gasteiger partial charge in [0.05, 0.1) is 15.9 Å². The third-order valence-electron chi connectivity index (χ3n) is 4.57. The average Bonchev–Trinajstić information content (AvgIpc) is 2.67. The van der Waals surface area contributed by atoms with E-state index in [-0.39, 0.29) is 17.4 Å². The minimum Gasteiger partial charge on any atom is -0.364 e. The molecule has 1 aromatic heterocycles. The van der Waals surface area contributed by atoms with Crippen molar-refractivity contribution in [3.05, 3.63) is 56.8 Å². The minimum atomic E-state index is -0.632. The van der Waals surface area contributed by atoms with E-state index in [9.17, 15) is 20.2 Å². The molecule has 2 aromatic rings. The zero-order valence-corrected chi connectivity index (χ0v) is 14.2. The maximum Gasteiger partial charge on any atom is 0.299 e. The molecule has 1 fully saturated rings. The Kier molecular flexibility index (Phi) is 4.92. The second kappa shape index (κ2) is 7.30. The SMILES string of the molecule is CN(c1ccc([N+](=O)[O-])cc1[N+](=O)[O-])C1CCCN(c2cccnn2)C1. The molecule has 26 heavy (non-hydrogen) atoms. The summed E-state index contributed by atoms with van der Waals surface area (Å²) in [7, 11) is 1.78. The highest BCUT2D eigenvalue weighted by Gasteiger charge is 2.29. The largest absolute Gasteiger partial charge is 0.364 e. The van der Waals surface area contributed by atoms with Crippen molar-refractivity contribution in [3.63, 3.8) is 0 Å². The molecule has 1 aliphatic rings. The zero-order chi connectivity index (χ0) is 18.7. The number of nitrogens with zero attached hydrogens (tertiary/aromatic N) is 6. The predicted molar refractivity (Wildman–Crippen MR) is 95.4 cm³/mol. The highest BCUT2D eigenvalue weighted by molar-refractivity contribution is 5.67. The molecule has 10 nitrogen and oxygen atoms in total. The minimum absolute atomic E-state index is 0.0194. The number of hydrogen-bond donors (Lipinski definition) is 0. The molecule has 0 aliphatic carbocycles. The summed E-state index contributed by atoms with van der Waals surface area (Å²) in [4.78, 5) is 25.0. The van der Waals surface area contributed by atoms with Crippen molar-refractivity contribution in [2.24, 2.45) is 0 Å². The maximum atomic E-state index is 11.4. The van der Waals surface area contributed by atoms with E-state index in [0.29, 0.717) is 12.2 Å². The smallest absolute Gasteiger partial charge is 0.299 e. The summed E-state index contributed by atoms with van der Waals surface area (Å²) in [6.07, 6.45) is 3.38. The fraction of sp³-hybridized carbons (Fsp3) is 0.375. The van der Waals surface area contributed by atoms with Crippen LogP contribution in [0.2, 0.25) is 0 Å². The van der Waals surface area contributed by atoms with E-state index in [4.69, 9.17) is 0 Å². The summed E-state index contributed by atoms with van der Waals surface area (Å²) in [6, 6.07) is 7.46. The summed E-state index contributed by atoms with van der Waals surface area (Å²) in [5.74, 6) is 0.767. The van der Waals surface area contributed by atoms with Crippen molar-refractivity contribution < 1.29 is 9.85 Å². The molecule has 10 heteroatoms. The standard InChI is InChI=1S/C16H18N6O4/c1-19(14-7-6-12(21(23)24)10-15(14)22(25)26)13-4-3-9-20(11-13)16-5-2-8-17-18-16/h2,5-8,10,13H,3-4,9,11H2,1H3. The number of anilines is 2. The lowest BCUT2D eigenvalue weighted by atomic mass is 10.0. The summed E-state index contributed by atoms with van der Waals surface area (Å²) in [5, 5.41) is 30.3. The Hall–Kier alpha value is -3.30. The lowest BCUT2D eigenvalue weighted by Crippen LogP contribution is -2.47. The Balaban J connectivity index is 1.85. The normalized spacial score (nSPS) is 17.0. The third kappa shape index (κ3) is 3.53. The first kappa shape index (κ1) is 17.5. The number of aromatic nitrogens is 2. The van der Waals surface area contributed by atoms with Crippen molar-refractivity contribution in [1.29, 1.82) is 0 Å². The van der Waals surface area contributed by atoms with Crippen LogP contribution in [0, 0.1) is 20.2 Å². The van der Waals surface area contributed by atoms with Gasteiger partial charge >= 0.3 is 0 Å². The lowest BCUT2D eigenvalue weighted by molar-refractivity contribution is -0.393. The number of piperidine rings is 1. The van der Waals surface area contributed by atoms with Gasteiger partial charge < -0.3 is 9.80 Å². The average molecular weight is 358 g/mol. The Bertz CT molecular complexity index is 816. The Morgan fingerprint density at radius 3 is 2.69 bits per heavy atom. The van der Waals surface area contributed by atoms with Gasteiger partial charge in [0.25, 0.3) is 11.4 Å². The molecule has 0 bridgehead atoms. The number of hydrogen-bond acceptors (Lipinski definition) is 8. The van der Waals surface area contributed by atoms with Crippen LogP contribution in [0.4, 0.5) is 22.9 Å². The molecule has 0 radical (unpaired) electrons. The first-order valence-corrected chi connectivity index (χ1v) is 8.15. The second-order valence-corrected chi connectivity index (χ2v) is 6.12. The van der Waals surface area contributed by atoms with Crippen LogP contribution in [0.15, 0.2) is 36.5 Å². The van der Waals surface area contributed by atoms with E-state index in [1.54, 1.807) is 13.2 Å². The highest BCUT2D eigenvalue weighted by atomic mass is 16.6. The van der Waals surface area contributed by atoms with E-state index in [0.717, 1.165) is 31.3 Å². The predicted octanol–water partition coefficient (Wildman–Crippen LogP) is 2.40. The number of benzene rings is 1. The molecule has 0 N–H and O–H groups in total. The molecule has 0 saturated carbocycles. The van der Waals surface area contributed by atoms with Crippen molar-refractivity contribution in [1.82, 2.24) is 10.2 Å². The van der Waals surface area contributed by atoms with Crippen LogP contribution < -0.4 is 9.80 Å². The molecule has 1 aromatic carbocycles. The van der Waals surface area contributed by atoms with Crippen LogP contribution >= 0.6 is 0 Å². The Morgan fingerprint density at radius 2 is 2.04 bits per heavy atom. The quantitative estimate of drug-likeness (QED) is 0.590. The van der Waals surface area contributed by atoms with Crippen LogP contribution in [0.5, 0.6) is 0 Å². The summed E-state index contributed by atoms with van der Waals surface area (Å²) in [6.45, 7) is 1.48. The van der Waals surface area contributed by atoms with Crippen LogP contribution in [0.25, 0.3) is 0 Å². The summed E-state index contributed by atoms with van der Waals surface area (Å²) < 4.78 is 0. The first-order valence-electron chi connectivity index (χ1n) is 8.15. The fourth-order valence-electron chi connectivity index (χ4n) is 3.21. The molecule has 136 valence electrons. The third-order valence-corrected chi connectivity index (χ3v) is 4.57. The van der Waals surface area contributed by atoms with Gasteiger partial charge in [0.15, 0.2) is 5.82 Å². The van der Waals surface area contributed by atoms with Gasteiger partial charge in [-0.2, -0.15) is 5.10 Å². The monoisotopic (exact) mass is 358 g/mol. The van der Waals surface area contributed by atoms with Gasteiger partial charge in [-0.15, -0.1) is 5.10 Å². The van der Waals surface area contributed by atoms with E-state index >= 15 is 0 Å². The van der Waals surface area contributed by atoms with E-state index < -0.39 is 9.85 Å². The zero-order valence-electron chi connectivity index (χ0n) is 14.2. The Morgan fingerprint density at radius 1 is 1.23 bits per heavy atom. The number of rotatable bonds is 5. The van der Waals surface area contributed by atoms with Crippen LogP contribution in [-0.4, -0.2) is 46.2 Å². The highest BCUT2D eigenvalue weighted by Crippen LogP contribution is 2.34. The maximum absolute atomic E-state index is 11.4. The molecule has 1 aliphatic heterocycles. The van der Waals surface area contributed by atoms with Crippen molar-refractivity contribution >= 4 is 22.9 Å². The molecule has 0 amide bonds. The molecule has 1 atom stereocenters. The molecule has 0 spiro atoms. The number of non-ortho nitro benzene ring substituents is 1. The molecule has 1 unspecified atom stereocenters. The van der Waals surface area contributed by atoms with Gasteiger partial charge in [0.2, 0.25) is 0 Å².